The minimum atomic E-state index is -0.414. The molecule has 0 aliphatic carbocycles. The predicted octanol–water partition coefficient (Wildman–Crippen LogP) is 1.65. The van der Waals surface area contributed by atoms with Crippen LogP contribution in [0.1, 0.15) is 6.42 Å². The van der Waals surface area contributed by atoms with Gasteiger partial charge >= 0.3 is 6.03 Å². The molecule has 1 aromatic heterocycles. The molecule has 3 rings (SSSR count). The number of benzene rings is 1. The van der Waals surface area contributed by atoms with Gasteiger partial charge in [-0.25, -0.2) is 9.78 Å². The van der Waals surface area contributed by atoms with Gasteiger partial charge in [-0.2, -0.15) is 0 Å². The van der Waals surface area contributed by atoms with Crippen molar-refractivity contribution in [2.24, 2.45) is 0 Å². The summed E-state index contributed by atoms with van der Waals surface area (Å²) in [6, 6.07) is 8.23. The van der Waals surface area contributed by atoms with Gasteiger partial charge in [0.05, 0.1) is 10.4 Å². The lowest BCUT2D eigenvalue weighted by molar-refractivity contribution is -0.384. The first-order chi connectivity index (χ1) is 11.1. The summed E-state index contributed by atoms with van der Waals surface area (Å²) in [4.78, 5) is 28.4. The molecule has 2 N–H and O–H groups in total. The minimum Gasteiger partial charge on any atom is -0.354 e. The topological polar surface area (TPSA) is 100 Å². The van der Waals surface area contributed by atoms with Crippen LogP contribution < -0.4 is 15.5 Å². The zero-order chi connectivity index (χ0) is 16.4. The normalized spacial score (nSPS) is 17.3. The van der Waals surface area contributed by atoms with Gasteiger partial charge in [0.1, 0.15) is 5.82 Å². The van der Waals surface area contributed by atoms with Crippen molar-refractivity contribution in [2.45, 2.75) is 12.5 Å². The third-order valence-electron chi connectivity index (χ3n) is 3.94. The summed E-state index contributed by atoms with van der Waals surface area (Å²) in [6.07, 6.45) is 0.855. The fraction of sp³-hybridized carbons (Fsp3) is 0.333. The van der Waals surface area contributed by atoms with Crippen LogP contribution in [0.5, 0.6) is 0 Å². The molecule has 8 nitrogen and oxygen atoms in total. The van der Waals surface area contributed by atoms with E-state index in [1.165, 1.54) is 12.1 Å². The molecule has 2 heterocycles. The van der Waals surface area contributed by atoms with Crippen LogP contribution in [0, 0.1) is 10.1 Å². The summed E-state index contributed by atoms with van der Waals surface area (Å²) in [6.45, 7) is 1.50. The Labute approximate surface area is 132 Å². The van der Waals surface area contributed by atoms with Gasteiger partial charge in [0.15, 0.2) is 0 Å². The van der Waals surface area contributed by atoms with Gasteiger partial charge in [-0.1, -0.05) is 0 Å². The first kappa shape index (κ1) is 15.0. The molecule has 2 aromatic rings. The number of fused-ring (bicyclic) bond motifs is 1. The van der Waals surface area contributed by atoms with Crippen LogP contribution in [0.25, 0.3) is 10.9 Å². The molecule has 0 saturated carbocycles. The van der Waals surface area contributed by atoms with E-state index >= 15 is 0 Å². The van der Waals surface area contributed by atoms with E-state index in [0.29, 0.717) is 6.54 Å². The number of carbonyl (C=O) groups is 1. The van der Waals surface area contributed by atoms with Crippen molar-refractivity contribution < 1.29 is 9.72 Å². The zero-order valence-corrected chi connectivity index (χ0v) is 12.7. The molecule has 1 aliphatic rings. The van der Waals surface area contributed by atoms with Gasteiger partial charge in [-0.3, -0.25) is 10.1 Å². The van der Waals surface area contributed by atoms with Crippen molar-refractivity contribution in [1.29, 1.82) is 0 Å². The molecule has 8 heteroatoms. The van der Waals surface area contributed by atoms with E-state index in [2.05, 4.69) is 20.5 Å². The van der Waals surface area contributed by atoms with E-state index < -0.39 is 4.92 Å². The van der Waals surface area contributed by atoms with Crippen molar-refractivity contribution in [2.75, 3.05) is 25.0 Å². The molecule has 1 aliphatic heterocycles. The van der Waals surface area contributed by atoms with Crippen molar-refractivity contribution in [3.05, 3.63) is 40.4 Å². The summed E-state index contributed by atoms with van der Waals surface area (Å²) >= 11 is 0. The molecule has 1 unspecified atom stereocenters. The van der Waals surface area contributed by atoms with Gasteiger partial charge in [0, 0.05) is 43.7 Å². The number of aromatic nitrogens is 1. The van der Waals surface area contributed by atoms with Crippen LogP contribution in [0.4, 0.5) is 16.3 Å². The van der Waals surface area contributed by atoms with Crippen LogP contribution in [-0.2, 0) is 0 Å². The number of urea groups is 1. The maximum atomic E-state index is 11.4. The first-order valence-corrected chi connectivity index (χ1v) is 7.35. The van der Waals surface area contributed by atoms with Gasteiger partial charge in [0.25, 0.3) is 5.69 Å². The lowest BCUT2D eigenvalue weighted by Crippen LogP contribution is -2.42. The molecule has 0 radical (unpaired) electrons. The Morgan fingerprint density at radius 1 is 1.39 bits per heavy atom. The largest absolute Gasteiger partial charge is 0.354 e. The molecular weight excluding hydrogens is 298 g/mol. The highest BCUT2D eigenvalue weighted by atomic mass is 16.6. The summed E-state index contributed by atoms with van der Waals surface area (Å²) in [5.74, 6) is 0.813. The number of nitrogens with one attached hydrogen (secondary N) is 2. The smallest absolute Gasteiger partial charge is 0.314 e. The second-order valence-corrected chi connectivity index (χ2v) is 5.46. The van der Waals surface area contributed by atoms with Crippen LogP contribution in [0.3, 0.4) is 0 Å². The second kappa shape index (κ2) is 6.07. The van der Waals surface area contributed by atoms with Crippen molar-refractivity contribution >= 4 is 28.4 Å². The lowest BCUT2D eigenvalue weighted by Gasteiger charge is -2.18. The van der Waals surface area contributed by atoms with E-state index in [1.54, 1.807) is 13.1 Å². The van der Waals surface area contributed by atoms with Crippen LogP contribution in [0.2, 0.25) is 0 Å². The average Bonchev–Trinajstić information content (AvgIpc) is 3.02. The van der Waals surface area contributed by atoms with Gasteiger partial charge in [-0.05, 0) is 24.6 Å². The van der Waals surface area contributed by atoms with E-state index in [1.807, 2.05) is 12.1 Å². The van der Waals surface area contributed by atoms with Crippen molar-refractivity contribution in [3.8, 4) is 0 Å². The molecule has 1 atom stereocenters. The van der Waals surface area contributed by atoms with Crippen LogP contribution in [0.15, 0.2) is 30.3 Å². The lowest BCUT2D eigenvalue weighted by atomic mass is 10.2. The van der Waals surface area contributed by atoms with E-state index in [0.717, 1.165) is 29.7 Å². The molecule has 1 fully saturated rings. The molecule has 0 bridgehead atoms. The summed E-state index contributed by atoms with van der Waals surface area (Å²) < 4.78 is 0. The quantitative estimate of drug-likeness (QED) is 0.662. The monoisotopic (exact) mass is 315 g/mol. The van der Waals surface area contributed by atoms with Gasteiger partial charge < -0.3 is 15.5 Å². The molecule has 120 valence electrons. The number of nitro groups is 1. The SMILES string of the molecule is CNC(=O)NC1CCN(c2ccc3cc([N+](=O)[O-])ccc3n2)C1. The Bertz CT molecular complexity index is 764. The highest BCUT2D eigenvalue weighted by Crippen LogP contribution is 2.24. The molecule has 23 heavy (non-hydrogen) atoms. The van der Waals surface area contributed by atoms with E-state index in [9.17, 15) is 14.9 Å². The number of anilines is 1. The number of pyridine rings is 1. The summed E-state index contributed by atoms with van der Waals surface area (Å²) in [5.41, 5.74) is 0.777. The molecule has 0 spiro atoms. The first-order valence-electron chi connectivity index (χ1n) is 7.35. The van der Waals surface area contributed by atoms with Crippen molar-refractivity contribution in [3.63, 3.8) is 0 Å². The average molecular weight is 315 g/mol. The van der Waals surface area contributed by atoms with Gasteiger partial charge in [-0.15, -0.1) is 0 Å². The number of carbonyl (C=O) groups excluding carboxylic acids is 1. The summed E-state index contributed by atoms with van der Waals surface area (Å²) in [7, 11) is 1.59. The Kier molecular flexibility index (Phi) is 3.96. The second-order valence-electron chi connectivity index (χ2n) is 5.46. The van der Waals surface area contributed by atoms with Crippen LogP contribution >= 0.6 is 0 Å². The number of nitro benzene ring substituents is 1. The third-order valence-corrected chi connectivity index (χ3v) is 3.94. The van der Waals surface area contributed by atoms with Gasteiger partial charge in [0.2, 0.25) is 0 Å². The molecule has 2 amide bonds. The maximum Gasteiger partial charge on any atom is 0.314 e. The number of amides is 2. The maximum absolute atomic E-state index is 11.4. The number of rotatable bonds is 3. The minimum absolute atomic E-state index is 0.0584. The Hall–Kier alpha value is -2.90. The zero-order valence-electron chi connectivity index (χ0n) is 12.7. The summed E-state index contributed by atoms with van der Waals surface area (Å²) in [5, 5.41) is 17.0. The van der Waals surface area contributed by atoms with E-state index in [4.69, 9.17) is 0 Å². The Morgan fingerprint density at radius 2 is 2.22 bits per heavy atom. The molecular formula is C15H17N5O3. The highest BCUT2D eigenvalue weighted by molar-refractivity contribution is 5.82. The number of nitrogens with zero attached hydrogens (tertiary/aromatic N) is 3. The van der Waals surface area contributed by atoms with E-state index in [-0.39, 0.29) is 17.8 Å². The van der Waals surface area contributed by atoms with Crippen molar-refractivity contribution in [1.82, 2.24) is 15.6 Å². The number of hydrogen-bond donors (Lipinski definition) is 2. The Morgan fingerprint density at radius 3 is 2.96 bits per heavy atom. The highest BCUT2D eigenvalue weighted by Gasteiger charge is 2.24. The standard InChI is InChI=1S/C15H17N5O3/c1-16-15(21)17-11-6-7-19(9-11)14-5-2-10-8-12(20(22)23)3-4-13(10)18-14/h2-5,8,11H,6-7,9H2,1H3,(H2,16,17,21). The molecule has 1 aromatic carbocycles. The number of hydrogen-bond acceptors (Lipinski definition) is 5. The fourth-order valence-electron chi connectivity index (χ4n) is 2.74. The number of non-ortho nitro benzene ring substituents is 1. The molecule has 1 saturated heterocycles. The Balaban J connectivity index is 1.77. The third kappa shape index (κ3) is 3.15. The predicted molar refractivity (Wildman–Crippen MR) is 86.6 cm³/mol. The fourth-order valence-corrected chi connectivity index (χ4v) is 2.74. The van der Waals surface area contributed by atoms with Crippen LogP contribution in [-0.4, -0.2) is 42.1 Å².